The molecular formula is C19H25NO3. The van der Waals surface area contributed by atoms with Crippen LogP contribution in [0.25, 0.3) is 0 Å². The van der Waals surface area contributed by atoms with Gasteiger partial charge >= 0.3 is 0 Å². The summed E-state index contributed by atoms with van der Waals surface area (Å²) in [5.74, 6) is 3.99. The Morgan fingerprint density at radius 2 is 1.83 bits per heavy atom. The molecule has 4 rings (SSSR count). The molecule has 1 aromatic carbocycles. The molecule has 0 aliphatic heterocycles. The van der Waals surface area contributed by atoms with Gasteiger partial charge < -0.3 is 15.2 Å². The highest BCUT2D eigenvalue weighted by Crippen LogP contribution is 2.69. The maximum atomic E-state index is 12.5. The summed E-state index contributed by atoms with van der Waals surface area (Å²) >= 11 is 0. The minimum absolute atomic E-state index is 0.150. The Bertz CT molecular complexity index is 583. The molecule has 3 aliphatic carbocycles. The van der Waals surface area contributed by atoms with Gasteiger partial charge in [-0.05, 0) is 67.6 Å². The Labute approximate surface area is 137 Å². The number of nitrogens with one attached hydrogen (secondary N) is 1. The third kappa shape index (κ3) is 2.44. The molecule has 0 saturated heterocycles. The number of amides is 1. The molecule has 4 heteroatoms. The number of fused-ring (bicyclic) bond motifs is 5. The van der Waals surface area contributed by atoms with Gasteiger partial charge in [-0.2, -0.15) is 0 Å². The van der Waals surface area contributed by atoms with E-state index in [0.717, 1.165) is 23.1 Å². The topological polar surface area (TPSA) is 58.6 Å². The number of carbonyl (C=O) groups is 1. The summed E-state index contributed by atoms with van der Waals surface area (Å²) in [5.41, 5.74) is 0.801. The number of hydrogen-bond donors (Lipinski definition) is 2. The molecule has 1 aromatic rings. The van der Waals surface area contributed by atoms with Crippen molar-refractivity contribution in [3.8, 4) is 5.75 Å². The predicted molar refractivity (Wildman–Crippen MR) is 86.9 cm³/mol. The van der Waals surface area contributed by atoms with Crippen LogP contribution >= 0.6 is 0 Å². The van der Waals surface area contributed by atoms with Crippen LogP contribution in [-0.2, 0) is 4.79 Å². The highest BCUT2D eigenvalue weighted by atomic mass is 16.5. The average Bonchev–Trinajstić information content (AvgIpc) is 3.02. The van der Waals surface area contributed by atoms with E-state index >= 15 is 0 Å². The van der Waals surface area contributed by atoms with Gasteiger partial charge in [-0.1, -0.05) is 12.1 Å². The summed E-state index contributed by atoms with van der Waals surface area (Å²) in [6.07, 6.45) is 3.29. The summed E-state index contributed by atoms with van der Waals surface area (Å²) < 4.78 is 5.13. The third-order valence-electron chi connectivity index (χ3n) is 6.34. The van der Waals surface area contributed by atoms with Crippen molar-refractivity contribution in [3.63, 3.8) is 0 Å². The number of hydrogen-bond acceptors (Lipinski definition) is 3. The van der Waals surface area contributed by atoms with Crippen molar-refractivity contribution in [1.82, 2.24) is 5.32 Å². The van der Waals surface area contributed by atoms with Crippen molar-refractivity contribution in [2.75, 3.05) is 7.11 Å². The molecule has 0 radical (unpaired) electrons. The van der Waals surface area contributed by atoms with E-state index in [4.69, 9.17) is 4.74 Å². The van der Waals surface area contributed by atoms with Crippen molar-refractivity contribution < 1.29 is 14.6 Å². The maximum absolute atomic E-state index is 12.5. The van der Waals surface area contributed by atoms with Gasteiger partial charge in [-0.15, -0.1) is 0 Å². The van der Waals surface area contributed by atoms with Gasteiger partial charge in [0.05, 0.1) is 19.3 Å². The first-order valence-electron chi connectivity index (χ1n) is 8.72. The molecule has 3 aliphatic rings. The zero-order valence-electron chi connectivity index (χ0n) is 13.7. The number of ether oxygens (including phenoxy) is 1. The van der Waals surface area contributed by atoms with Crippen LogP contribution < -0.4 is 10.1 Å². The predicted octanol–water partition coefficient (Wildman–Crippen LogP) is 2.53. The fourth-order valence-corrected chi connectivity index (χ4v) is 5.16. The molecule has 0 heterocycles. The van der Waals surface area contributed by atoms with Gasteiger partial charge in [0.2, 0.25) is 5.91 Å². The van der Waals surface area contributed by atoms with Crippen LogP contribution in [0.5, 0.6) is 5.75 Å². The fourth-order valence-electron chi connectivity index (χ4n) is 5.16. The van der Waals surface area contributed by atoms with Crippen molar-refractivity contribution in [2.24, 2.45) is 29.6 Å². The minimum Gasteiger partial charge on any atom is -0.497 e. The largest absolute Gasteiger partial charge is 0.497 e. The lowest BCUT2D eigenvalue weighted by Gasteiger charge is -2.21. The number of benzene rings is 1. The molecule has 0 spiro atoms. The molecule has 6 atom stereocenters. The van der Waals surface area contributed by atoms with Crippen LogP contribution in [0.15, 0.2) is 24.3 Å². The third-order valence-corrected chi connectivity index (χ3v) is 6.34. The highest BCUT2D eigenvalue weighted by Gasteiger charge is 2.67. The van der Waals surface area contributed by atoms with Crippen LogP contribution in [0.4, 0.5) is 0 Å². The van der Waals surface area contributed by atoms with Crippen LogP contribution in [0.1, 0.15) is 37.9 Å². The van der Waals surface area contributed by atoms with E-state index in [1.54, 1.807) is 7.11 Å². The summed E-state index contributed by atoms with van der Waals surface area (Å²) in [5, 5.41) is 13.5. The standard InChI is InChI=1S/C19H25NO3/c1-10(18(21)11-5-7-14(23-2)8-6-11)20-19(22)17-15-12-3-4-13(9-12)16(15)17/h5-8,10,12-13,15-18,21H,3-4,9H2,1-2H3,(H,20,22)/t10-,12-,13-,15+,16+,18+/m0/s1. The Morgan fingerprint density at radius 1 is 1.22 bits per heavy atom. The van der Waals surface area contributed by atoms with E-state index in [0.29, 0.717) is 11.8 Å². The SMILES string of the molecule is COc1ccc([C@H](O)[C@H](C)NC(=O)C2[C@@H]3[C@H]4CC[C@@H](C4)[C@@H]23)cc1. The molecule has 2 bridgehead atoms. The van der Waals surface area contributed by atoms with E-state index in [1.807, 2.05) is 31.2 Å². The molecule has 0 aromatic heterocycles. The zero-order chi connectivity index (χ0) is 16.1. The molecule has 124 valence electrons. The lowest BCUT2D eigenvalue weighted by Crippen LogP contribution is -2.39. The molecule has 0 unspecified atom stereocenters. The van der Waals surface area contributed by atoms with Gasteiger partial charge in [0.1, 0.15) is 5.75 Å². The van der Waals surface area contributed by atoms with Gasteiger partial charge in [0.25, 0.3) is 0 Å². The van der Waals surface area contributed by atoms with E-state index in [1.165, 1.54) is 19.3 Å². The van der Waals surface area contributed by atoms with Gasteiger partial charge in [-0.25, -0.2) is 0 Å². The number of methoxy groups -OCH3 is 1. The van der Waals surface area contributed by atoms with Crippen LogP contribution in [0.2, 0.25) is 0 Å². The first kappa shape index (κ1) is 15.0. The number of carbonyl (C=O) groups excluding carboxylic acids is 1. The molecule has 2 N–H and O–H groups in total. The van der Waals surface area contributed by atoms with Gasteiger partial charge in [0.15, 0.2) is 0 Å². The van der Waals surface area contributed by atoms with E-state index in [9.17, 15) is 9.90 Å². The molecular weight excluding hydrogens is 290 g/mol. The first-order chi connectivity index (χ1) is 11.1. The smallest absolute Gasteiger partial charge is 0.224 e. The van der Waals surface area contributed by atoms with Crippen molar-refractivity contribution >= 4 is 5.91 Å². The monoisotopic (exact) mass is 315 g/mol. The van der Waals surface area contributed by atoms with Crippen LogP contribution in [-0.4, -0.2) is 24.2 Å². The zero-order valence-corrected chi connectivity index (χ0v) is 13.7. The molecule has 1 amide bonds. The second kappa shape index (κ2) is 5.52. The highest BCUT2D eigenvalue weighted by molar-refractivity contribution is 5.83. The van der Waals surface area contributed by atoms with Gasteiger partial charge in [0, 0.05) is 5.92 Å². The Hall–Kier alpha value is -1.55. The molecule has 4 nitrogen and oxygen atoms in total. The van der Waals surface area contributed by atoms with Crippen molar-refractivity contribution in [1.29, 1.82) is 0 Å². The average molecular weight is 315 g/mol. The van der Waals surface area contributed by atoms with E-state index in [2.05, 4.69) is 5.32 Å². The second-order valence-electron chi connectivity index (χ2n) is 7.53. The lowest BCUT2D eigenvalue weighted by molar-refractivity contribution is -0.124. The Kier molecular flexibility index (Phi) is 3.60. The number of rotatable bonds is 5. The lowest BCUT2D eigenvalue weighted by atomic mass is 10.0. The fraction of sp³-hybridized carbons (Fsp3) is 0.632. The summed E-state index contributed by atoms with van der Waals surface area (Å²) in [7, 11) is 1.62. The Balaban J connectivity index is 1.36. The minimum atomic E-state index is -0.694. The Morgan fingerprint density at radius 3 is 2.39 bits per heavy atom. The molecule has 3 saturated carbocycles. The summed E-state index contributed by atoms with van der Waals surface area (Å²) in [6, 6.07) is 7.07. The van der Waals surface area contributed by atoms with E-state index < -0.39 is 6.10 Å². The van der Waals surface area contributed by atoms with E-state index in [-0.39, 0.29) is 17.9 Å². The molecule has 3 fully saturated rings. The molecule has 23 heavy (non-hydrogen) atoms. The maximum Gasteiger partial charge on any atom is 0.224 e. The van der Waals surface area contributed by atoms with Crippen molar-refractivity contribution in [3.05, 3.63) is 29.8 Å². The normalized spacial score (nSPS) is 36.2. The summed E-state index contributed by atoms with van der Waals surface area (Å²) in [4.78, 5) is 12.5. The quantitative estimate of drug-likeness (QED) is 0.878. The van der Waals surface area contributed by atoms with Crippen LogP contribution in [0.3, 0.4) is 0 Å². The first-order valence-corrected chi connectivity index (χ1v) is 8.72. The summed E-state index contributed by atoms with van der Waals surface area (Å²) in [6.45, 7) is 1.87. The second-order valence-corrected chi connectivity index (χ2v) is 7.53. The number of aliphatic hydroxyl groups excluding tert-OH is 1. The van der Waals surface area contributed by atoms with Crippen LogP contribution in [0, 0.1) is 29.6 Å². The van der Waals surface area contributed by atoms with Gasteiger partial charge in [-0.3, -0.25) is 4.79 Å². The number of aliphatic hydroxyl groups is 1. The van der Waals surface area contributed by atoms with Crippen molar-refractivity contribution in [2.45, 2.75) is 38.3 Å².